The molecule has 1 aliphatic rings. The molecule has 0 aliphatic heterocycles. The zero-order valence-corrected chi connectivity index (χ0v) is 8.49. The first-order chi connectivity index (χ1) is 6.14. The van der Waals surface area contributed by atoms with Crippen LogP contribution in [0.5, 0.6) is 0 Å². The lowest BCUT2D eigenvalue weighted by Gasteiger charge is -2.10. The number of carboxylic acids is 1. The van der Waals surface area contributed by atoms with E-state index >= 15 is 0 Å². The number of rotatable bonds is 3. The van der Waals surface area contributed by atoms with Gasteiger partial charge in [-0.1, -0.05) is 11.6 Å². The minimum absolute atomic E-state index is 0.128. The second-order valence-electron chi connectivity index (χ2n) is 3.45. The summed E-state index contributed by atoms with van der Waals surface area (Å²) >= 11 is 7.53. The molecule has 4 heteroatoms. The smallest absolute Gasteiger partial charge is 0.304 e. The van der Waals surface area contributed by atoms with Gasteiger partial charge in [-0.05, 0) is 24.3 Å². The topological polar surface area (TPSA) is 37.3 Å². The summed E-state index contributed by atoms with van der Waals surface area (Å²) in [6, 6.07) is 1.84. The van der Waals surface area contributed by atoms with Crippen LogP contribution in [0.1, 0.15) is 24.1 Å². The van der Waals surface area contributed by atoms with Crippen molar-refractivity contribution in [3.63, 3.8) is 0 Å². The second kappa shape index (κ2) is 3.00. The highest BCUT2D eigenvalue weighted by atomic mass is 35.5. The molecule has 1 aliphatic carbocycles. The summed E-state index contributed by atoms with van der Waals surface area (Å²) in [6.45, 7) is 0. The molecule has 2 rings (SSSR count). The van der Waals surface area contributed by atoms with Crippen LogP contribution in [0.15, 0.2) is 11.4 Å². The van der Waals surface area contributed by atoms with E-state index < -0.39 is 5.97 Å². The van der Waals surface area contributed by atoms with E-state index in [1.54, 1.807) is 11.3 Å². The summed E-state index contributed by atoms with van der Waals surface area (Å²) in [5.41, 5.74) is -0.128. The van der Waals surface area contributed by atoms with Gasteiger partial charge in [0.1, 0.15) is 0 Å². The summed E-state index contributed by atoms with van der Waals surface area (Å²) in [4.78, 5) is 11.7. The van der Waals surface area contributed by atoms with Gasteiger partial charge in [-0.2, -0.15) is 0 Å². The largest absolute Gasteiger partial charge is 0.481 e. The molecular weight excluding hydrogens is 208 g/mol. The summed E-state index contributed by atoms with van der Waals surface area (Å²) in [5, 5.41) is 11.4. The van der Waals surface area contributed by atoms with E-state index in [-0.39, 0.29) is 11.8 Å². The van der Waals surface area contributed by atoms with E-state index in [4.69, 9.17) is 16.7 Å². The number of hydrogen-bond donors (Lipinski definition) is 1. The van der Waals surface area contributed by atoms with Crippen molar-refractivity contribution in [3.8, 4) is 0 Å². The SMILES string of the molecule is O=C(O)CC1(c2sccc2Cl)CC1. The van der Waals surface area contributed by atoms with Crippen molar-refractivity contribution in [2.24, 2.45) is 0 Å². The highest BCUT2D eigenvalue weighted by Gasteiger charge is 2.48. The lowest BCUT2D eigenvalue weighted by atomic mass is 10.0. The molecule has 0 radical (unpaired) electrons. The molecule has 1 N–H and O–H groups in total. The monoisotopic (exact) mass is 216 g/mol. The molecule has 0 bridgehead atoms. The third-order valence-electron chi connectivity index (χ3n) is 2.44. The molecule has 0 saturated heterocycles. The highest BCUT2D eigenvalue weighted by Crippen LogP contribution is 2.54. The highest BCUT2D eigenvalue weighted by molar-refractivity contribution is 7.10. The zero-order chi connectivity index (χ0) is 9.47. The molecule has 1 fully saturated rings. The van der Waals surface area contributed by atoms with Crippen molar-refractivity contribution in [2.45, 2.75) is 24.7 Å². The maximum atomic E-state index is 10.6. The van der Waals surface area contributed by atoms with Crippen molar-refractivity contribution in [1.82, 2.24) is 0 Å². The van der Waals surface area contributed by atoms with Crippen molar-refractivity contribution in [1.29, 1.82) is 0 Å². The number of carbonyl (C=O) groups is 1. The molecule has 0 atom stereocenters. The maximum absolute atomic E-state index is 10.6. The van der Waals surface area contributed by atoms with Gasteiger partial charge in [-0.3, -0.25) is 4.79 Å². The van der Waals surface area contributed by atoms with E-state index in [2.05, 4.69) is 0 Å². The third kappa shape index (κ3) is 1.58. The fourth-order valence-electron chi connectivity index (χ4n) is 1.60. The van der Waals surface area contributed by atoms with Gasteiger partial charge in [-0.25, -0.2) is 0 Å². The van der Waals surface area contributed by atoms with Crippen LogP contribution in [0.25, 0.3) is 0 Å². The normalized spacial score (nSPS) is 18.5. The van der Waals surface area contributed by atoms with Gasteiger partial charge >= 0.3 is 5.97 Å². The van der Waals surface area contributed by atoms with E-state index in [1.807, 2.05) is 11.4 Å². The minimum atomic E-state index is -0.734. The first-order valence-corrected chi connectivity index (χ1v) is 5.35. The first-order valence-electron chi connectivity index (χ1n) is 4.09. The van der Waals surface area contributed by atoms with Gasteiger partial charge in [0.05, 0.1) is 11.4 Å². The van der Waals surface area contributed by atoms with Crippen molar-refractivity contribution in [3.05, 3.63) is 21.3 Å². The van der Waals surface area contributed by atoms with Crippen LogP contribution in [-0.2, 0) is 10.2 Å². The van der Waals surface area contributed by atoms with E-state index in [0.717, 1.165) is 22.7 Å². The second-order valence-corrected chi connectivity index (χ2v) is 4.77. The average molecular weight is 217 g/mol. The fourth-order valence-corrected chi connectivity index (χ4v) is 3.12. The molecule has 1 aromatic heterocycles. The van der Waals surface area contributed by atoms with Crippen molar-refractivity contribution in [2.75, 3.05) is 0 Å². The summed E-state index contributed by atoms with van der Waals surface area (Å²) < 4.78 is 0. The van der Waals surface area contributed by atoms with Crippen LogP contribution < -0.4 is 0 Å². The quantitative estimate of drug-likeness (QED) is 0.844. The Bertz CT molecular complexity index is 341. The molecule has 0 aromatic carbocycles. The zero-order valence-electron chi connectivity index (χ0n) is 6.92. The van der Waals surface area contributed by atoms with Gasteiger partial charge in [0.2, 0.25) is 0 Å². The van der Waals surface area contributed by atoms with Crippen LogP contribution in [0.2, 0.25) is 5.02 Å². The Morgan fingerprint density at radius 2 is 2.38 bits per heavy atom. The number of hydrogen-bond acceptors (Lipinski definition) is 2. The van der Waals surface area contributed by atoms with Gasteiger partial charge < -0.3 is 5.11 Å². The Hall–Kier alpha value is -0.540. The number of aliphatic carboxylic acids is 1. The first kappa shape index (κ1) is 9.03. The lowest BCUT2D eigenvalue weighted by Crippen LogP contribution is -2.11. The van der Waals surface area contributed by atoms with Crippen LogP contribution in [0, 0.1) is 0 Å². The molecule has 1 saturated carbocycles. The molecule has 0 spiro atoms. The van der Waals surface area contributed by atoms with E-state index in [0.29, 0.717) is 0 Å². The molecule has 0 amide bonds. The summed E-state index contributed by atoms with van der Waals surface area (Å²) in [7, 11) is 0. The van der Waals surface area contributed by atoms with Crippen LogP contribution in [-0.4, -0.2) is 11.1 Å². The molecule has 13 heavy (non-hydrogen) atoms. The molecular formula is C9H9ClO2S. The molecule has 70 valence electrons. The Balaban J connectivity index is 2.25. The molecule has 0 unspecified atom stereocenters. The minimum Gasteiger partial charge on any atom is -0.481 e. The van der Waals surface area contributed by atoms with Gasteiger partial charge in [0, 0.05) is 10.3 Å². The lowest BCUT2D eigenvalue weighted by molar-refractivity contribution is -0.137. The Kier molecular flexibility index (Phi) is 2.08. The standard InChI is InChI=1S/C9H9ClO2S/c10-6-1-4-13-8(6)9(2-3-9)5-7(11)12/h1,4H,2-3,5H2,(H,11,12). The van der Waals surface area contributed by atoms with Crippen LogP contribution in [0.3, 0.4) is 0 Å². The molecule has 2 nitrogen and oxygen atoms in total. The number of halogens is 1. The predicted molar refractivity (Wildman–Crippen MR) is 52.5 cm³/mol. The summed E-state index contributed by atoms with van der Waals surface area (Å²) in [6.07, 6.45) is 2.13. The predicted octanol–water partition coefficient (Wildman–Crippen LogP) is 2.91. The number of carboxylic acid groups (broad SMARTS) is 1. The van der Waals surface area contributed by atoms with Gasteiger partial charge in [0.15, 0.2) is 0 Å². The fraction of sp³-hybridized carbons (Fsp3) is 0.444. The van der Waals surface area contributed by atoms with Gasteiger partial charge in [0.25, 0.3) is 0 Å². The van der Waals surface area contributed by atoms with E-state index in [1.165, 1.54) is 0 Å². The third-order valence-corrected chi connectivity index (χ3v) is 4.03. The molecule has 1 aromatic rings. The Labute approximate surface area is 85.1 Å². The Morgan fingerprint density at radius 1 is 1.69 bits per heavy atom. The van der Waals surface area contributed by atoms with Crippen molar-refractivity contribution >= 4 is 28.9 Å². The van der Waals surface area contributed by atoms with Crippen LogP contribution in [0.4, 0.5) is 0 Å². The van der Waals surface area contributed by atoms with E-state index in [9.17, 15) is 4.79 Å². The van der Waals surface area contributed by atoms with Gasteiger partial charge in [-0.15, -0.1) is 11.3 Å². The Morgan fingerprint density at radius 3 is 2.77 bits per heavy atom. The van der Waals surface area contributed by atoms with Crippen LogP contribution >= 0.6 is 22.9 Å². The number of thiophene rings is 1. The maximum Gasteiger partial charge on any atom is 0.304 e. The molecule has 1 heterocycles. The van der Waals surface area contributed by atoms with Crippen molar-refractivity contribution < 1.29 is 9.90 Å². The summed E-state index contributed by atoms with van der Waals surface area (Å²) in [5.74, 6) is -0.734. The average Bonchev–Trinajstić information content (AvgIpc) is 2.65.